The van der Waals surface area contributed by atoms with Crippen LogP contribution in [0.1, 0.15) is 31.4 Å². The molecule has 0 aliphatic carbocycles. The van der Waals surface area contributed by atoms with E-state index in [-0.39, 0.29) is 24.1 Å². The molecular weight excluding hydrogens is 392 g/mol. The Balaban J connectivity index is 2.10. The van der Waals surface area contributed by atoms with Crippen molar-refractivity contribution < 1.29 is 19.0 Å². The Labute approximate surface area is 168 Å². The van der Waals surface area contributed by atoms with Crippen LogP contribution in [0.5, 0.6) is 5.75 Å². The van der Waals surface area contributed by atoms with Crippen molar-refractivity contribution in [2.45, 2.75) is 39.5 Å². The summed E-state index contributed by atoms with van der Waals surface area (Å²) in [5, 5.41) is 13.2. The minimum Gasteiger partial charge on any atom is -0.489 e. The van der Waals surface area contributed by atoms with Gasteiger partial charge in [-0.05, 0) is 42.7 Å². The van der Waals surface area contributed by atoms with E-state index in [1.807, 2.05) is 13.8 Å². The van der Waals surface area contributed by atoms with Crippen molar-refractivity contribution in [1.82, 2.24) is 5.32 Å². The van der Waals surface area contributed by atoms with Gasteiger partial charge in [-0.1, -0.05) is 43.1 Å². The molecule has 2 N–H and O–H groups in total. The number of hydrogen-bond donors (Lipinski definition) is 2. The number of aliphatic carboxylic acids is 1. The van der Waals surface area contributed by atoms with E-state index in [1.54, 1.807) is 24.3 Å². The Hall–Kier alpha value is -1.82. The van der Waals surface area contributed by atoms with E-state index in [2.05, 4.69) is 5.32 Å². The molecule has 0 amide bonds. The Morgan fingerprint density at radius 1 is 1.19 bits per heavy atom. The summed E-state index contributed by atoms with van der Waals surface area (Å²) in [6.07, 6.45) is 0.511. The fraction of sp³-hybridized carbons (Fsp3) is 0.350. The zero-order valence-electron chi connectivity index (χ0n) is 15.1. The van der Waals surface area contributed by atoms with Gasteiger partial charge < -0.3 is 15.2 Å². The minimum absolute atomic E-state index is 0.155. The molecule has 2 aromatic carbocycles. The molecule has 0 aromatic heterocycles. The predicted molar refractivity (Wildman–Crippen MR) is 105 cm³/mol. The van der Waals surface area contributed by atoms with Gasteiger partial charge in [0.2, 0.25) is 0 Å². The lowest BCUT2D eigenvalue weighted by Crippen LogP contribution is -2.37. The molecule has 0 bridgehead atoms. The second-order valence-electron chi connectivity index (χ2n) is 6.68. The fourth-order valence-corrected chi connectivity index (χ4v) is 3.01. The van der Waals surface area contributed by atoms with Gasteiger partial charge in [-0.3, -0.25) is 4.79 Å². The highest BCUT2D eigenvalue weighted by molar-refractivity contribution is 6.31. The molecule has 2 aromatic rings. The van der Waals surface area contributed by atoms with Crippen LogP contribution in [0.3, 0.4) is 0 Å². The third-order valence-electron chi connectivity index (χ3n) is 3.96. The number of ether oxygens (including phenoxy) is 1. The summed E-state index contributed by atoms with van der Waals surface area (Å²) in [5.74, 6) is -0.508. The van der Waals surface area contributed by atoms with Crippen LogP contribution in [0.25, 0.3) is 0 Å². The van der Waals surface area contributed by atoms with E-state index >= 15 is 0 Å². The summed E-state index contributed by atoms with van der Waals surface area (Å²) in [6, 6.07) is 8.58. The smallest absolute Gasteiger partial charge is 0.320 e. The molecule has 146 valence electrons. The maximum atomic E-state index is 13.2. The van der Waals surface area contributed by atoms with Crippen LogP contribution in [0, 0.1) is 11.7 Å². The molecule has 0 fully saturated rings. The van der Waals surface area contributed by atoms with E-state index in [0.717, 1.165) is 5.56 Å². The highest BCUT2D eigenvalue weighted by Crippen LogP contribution is 2.26. The summed E-state index contributed by atoms with van der Waals surface area (Å²) < 4.78 is 19.0. The van der Waals surface area contributed by atoms with Crippen molar-refractivity contribution in [3.8, 4) is 5.75 Å². The van der Waals surface area contributed by atoms with Gasteiger partial charge in [-0.2, -0.15) is 0 Å². The van der Waals surface area contributed by atoms with Gasteiger partial charge in [0.15, 0.2) is 0 Å². The maximum Gasteiger partial charge on any atom is 0.320 e. The standard InChI is InChI=1S/C20H22Cl2FNO3/c1-12(2)7-18(20(25)26)24-10-14-8-15(21)4-6-19(14)27-11-13-3-5-16(23)9-17(13)22/h3-6,8-9,12,18,24H,7,10-11H2,1-2H3,(H,25,26). The topological polar surface area (TPSA) is 58.6 Å². The second-order valence-corrected chi connectivity index (χ2v) is 7.52. The lowest BCUT2D eigenvalue weighted by Gasteiger charge is -2.18. The molecule has 0 spiro atoms. The molecular formula is C20H22Cl2FNO3. The summed E-state index contributed by atoms with van der Waals surface area (Å²) in [4.78, 5) is 11.4. The molecule has 2 rings (SSSR count). The van der Waals surface area contributed by atoms with E-state index in [9.17, 15) is 14.3 Å². The summed E-state index contributed by atoms with van der Waals surface area (Å²) in [7, 11) is 0. The van der Waals surface area contributed by atoms with Crippen LogP contribution in [-0.2, 0) is 17.9 Å². The van der Waals surface area contributed by atoms with E-state index in [0.29, 0.717) is 22.8 Å². The van der Waals surface area contributed by atoms with Crippen molar-refractivity contribution in [3.63, 3.8) is 0 Å². The van der Waals surface area contributed by atoms with Gasteiger partial charge in [-0.25, -0.2) is 4.39 Å². The molecule has 0 saturated heterocycles. The number of rotatable bonds is 9. The maximum absolute atomic E-state index is 13.2. The first kappa shape index (κ1) is 21.5. The molecule has 1 unspecified atom stereocenters. The van der Waals surface area contributed by atoms with Crippen LogP contribution in [0.4, 0.5) is 4.39 Å². The normalized spacial score (nSPS) is 12.2. The molecule has 27 heavy (non-hydrogen) atoms. The summed E-state index contributed by atoms with van der Waals surface area (Å²) >= 11 is 12.1. The third-order valence-corrected chi connectivity index (χ3v) is 4.55. The first-order chi connectivity index (χ1) is 12.8. The third kappa shape index (κ3) is 6.69. The van der Waals surface area contributed by atoms with Crippen LogP contribution in [0.15, 0.2) is 36.4 Å². The number of carboxylic acids is 1. The van der Waals surface area contributed by atoms with Gasteiger partial charge in [0, 0.05) is 22.7 Å². The zero-order valence-corrected chi connectivity index (χ0v) is 16.6. The van der Waals surface area contributed by atoms with Gasteiger partial charge in [0.1, 0.15) is 24.2 Å². The molecule has 1 atom stereocenters. The van der Waals surface area contributed by atoms with E-state index in [1.165, 1.54) is 12.1 Å². The second kappa shape index (κ2) is 9.93. The van der Waals surface area contributed by atoms with Crippen molar-refractivity contribution in [1.29, 1.82) is 0 Å². The summed E-state index contributed by atoms with van der Waals surface area (Å²) in [6.45, 7) is 4.38. The minimum atomic E-state index is -0.897. The number of nitrogens with one attached hydrogen (secondary N) is 1. The molecule has 7 heteroatoms. The van der Waals surface area contributed by atoms with Gasteiger partial charge >= 0.3 is 5.97 Å². The molecule has 0 aliphatic rings. The Bertz CT molecular complexity index is 799. The first-order valence-electron chi connectivity index (χ1n) is 8.57. The SMILES string of the molecule is CC(C)CC(NCc1cc(Cl)ccc1OCc1ccc(F)cc1Cl)C(=O)O. The van der Waals surface area contributed by atoms with Crippen molar-refractivity contribution in [2.24, 2.45) is 5.92 Å². The monoisotopic (exact) mass is 413 g/mol. The Morgan fingerprint density at radius 2 is 1.93 bits per heavy atom. The number of carboxylic acid groups (broad SMARTS) is 1. The van der Waals surface area contributed by atoms with Crippen LogP contribution >= 0.6 is 23.2 Å². The number of hydrogen-bond acceptors (Lipinski definition) is 3. The highest BCUT2D eigenvalue weighted by atomic mass is 35.5. The molecule has 0 radical (unpaired) electrons. The molecule has 0 heterocycles. The number of carbonyl (C=O) groups is 1. The van der Waals surface area contributed by atoms with Crippen LogP contribution in [0.2, 0.25) is 10.0 Å². The number of benzene rings is 2. The van der Waals surface area contributed by atoms with Gasteiger partial charge in [0.05, 0.1) is 5.02 Å². The summed E-state index contributed by atoms with van der Waals surface area (Å²) in [5.41, 5.74) is 1.38. The van der Waals surface area contributed by atoms with E-state index in [4.69, 9.17) is 27.9 Å². The molecule has 0 aliphatic heterocycles. The van der Waals surface area contributed by atoms with Crippen LogP contribution < -0.4 is 10.1 Å². The fourth-order valence-electron chi connectivity index (χ4n) is 2.60. The number of halogens is 3. The lowest BCUT2D eigenvalue weighted by molar-refractivity contribution is -0.140. The van der Waals surface area contributed by atoms with E-state index < -0.39 is 17.8 Å². The molecule has 4 nitrogen and oxygen atoms in total. The van der Waals surface area contributed by atoms with Crippen molar-refractivity contribution in [2.75, 3.05) is 0 Å². The zero-order chi connectivity index (χ0) is 20.0. The Kier molecular flexibility index (Phi) is 7.90. The first-order valence-corrected chi connectivity index (χ1v) is 9.33. The van der Waals surface area contributed by atoms with Crippen molar-refractivity contribution in [3.05, 3.63) is 63.4 Å². The average Bonchev–Trinajstić information content (AvgIpc) is 2.58. The lowest BCUT2D eigenvalue weighted by atomic mass is 10.0. The molecule has 0 saturated carbocycles. The van der Waals surface area contributed by atoms with Gasteiger partial charge in [-0.15, -0.1) is 0 Å². The van der Waals surface area contributed by atoms with Gasteiger partial charge in [0.25, 0.3) is 0 Å². The average molecular weight is 414 g/mol. The quantitative estimate of drug-likeness (QED) is 0.585. The Morgan fingerprint density at radius 3 is 2.56 bits per heavy atom. The predicted octanol–water partition coefficient (Wildman–Crippen LogP) is 5.30. The van der Waals surface area contributed by atoms with Crippen molar-refractivity contribution >= 4 is 29.2 Å². The largest absolute Gasteiger partial charge is 0.489 e. The highest BCUT2D eigenvalue weighted by Gasteiger charge is 2.19. The van der Waals surface area contributed by atoms with Crippen LogP contribution in [-0.4, -0.2) is 17.1 Å².